The van der Waals surface area contributed by atoms with Gasteiger partial charge in [0, 0.05) is 5.75 Å². The molecule has 0 amide bonds. The van der Waals surface area contributed by atoms with Crippen LogP contribution in [0.5, 0.6) is 5.75 Å². The number of carbonyl (C=O) groups is 1. The first-order valence-electron chi connectivity index (χ1n) is 5.21. The Morgan fingerprint density at radius 1 is 1.44 bits per heavy atom. The first-order chi connectivity index (χ1) is 8.56. The van der Waals surface area contributed by atoms with E-state index in [0.29, 0.717) is 5.75 Å². The lowest BCUT2D eigenvalue weighted by atomic mass is 10.2. The summed E-state index contributed by atoms with van der Waals surface area (Å²) < 4.78 is 28.2. The summed E-state index contributed by atoms with van der Waals surface area (Å²) in [5.74, 6) is -0.316. The highest BCUT2D eigenvalue weighted by Gasteiger charge is 2.30. The second-order valence-electron chi connectivity index (χ2n) is 3.72. The maximum absolute atomic E-state index is 12.0. The standard InChI is InChI=1S/C11H11F2NO3S/c12-11(13)17-7-3-1-6(2-4-7)9-14-8(5-18-9)10(15)16/h1-4,8-9,11,14H,5H2,(H,15,16)/t8-,9+/m0/s1. The number of hydrogen-bond acceptors (Lipinski definition) is 4. The molecule has 1 aliphatic rings. The molecule has 2 atom stereocenters. The van der Waals surface area contributed by atoms with Crippen LogP contribution in [0.1, 0.15) is 10.9 Å². The molecule has 1 aromatic rings. The van der Waals surface area contributed by atoms with Crippen molar-refractivity contribution in [2.24, 2.45) is 0 Å². The lowest BCUT2D eigenvalue weighted by Gasteiger charge is -2.12. The normalized spacial score (nSPS) is 23.3. The molecule has 1 saturated heterocycles. The Kier molecular flexibility index (Phi) is 4.03. The second kappa shape index (κ2) is 5.53. The molecule has 18 heavy (non-hydrogen) atoms. The average Bonchev–Trinajstić information content (AvgIpc) is 2.78. The van der Waals surface area contributed by atoms with Gasteiger partial charge in [0.05, 0.1) is 5.37 Å². The molecule has 0 spiro atoms. The molecule has 0 aromatic heterocycles. The van der Waals surface area contributed by atoms with Crippen LogP contribution in [0.15, 0.2) is 24.3 Å². The number of ether oxygens (including phenoxy) is 1. The highest BCUT2D eigenvalue weighted by Crippen LogP contribution is 2.33. The zero-order valence-corrected chi connectivity index (χ0v) is 9.99. The van der Waals surface area contributed by atoms with Gasteiger partial charge in [-0.25, -0.2) is 0 Å². The molecule has 0 aliphatic carbocycles. The predicted octanol–water partition coefficient (Wildman–Crippen LogP) is 2.08. The molecule has 1 aromatic carbocycles. The molecule has 0 saturated carbocycles. The van der Waals surface area contributed by atoms with Crippen LogP contribution in [-0.2, 0) is 4.79 Å². The van der Waals surface area contributed by atoms with Crippen molar-refractivity contribution in [2.45, 2.75) is 18.0 Å². The third kappa shape index (κ3) is 3.11. The van der Waals surface area contributed by atoms with E-state index in [2.05, 4.69) is 10.1 Å². The lowest BCUT2D eigenvalue weighted by Crippen LogP contribution is -2.33. The molecule has 98 valence electrons. The van der Waals surface area contributed by atoms with Gasteiger partial charge in [0.25, 0.3) is 0 Å². The number of nitrogens with one attached hydrogen (secondary N) is 1. The van der Waals surface area contributed by atoms with E-state index in [1.54, 1.807) is 12.1 Å². The molecular formula is C11H11F2NO3S. The van der Waals surface area contributed by atoms with Crippen LogP contribution in [0.3, 0.4) is 0 Å². The van der Waals surface area contributed by atoms with Gasteiger partial charge in [-0.3, -0.25) is 10.1 Å². The Hall–Kier alpha value is -1.34. The van der Waals surface area contributed by atoms with Crippen molar-refractivity contribution < 1.29 is 23.4 Å². The smallest absolute Gasteiger partial charge is 0.387 e. The molecule has 0 unspecified atom stereocenters. The second-order valence-corrected chi connectivity index (χ2v) is 4.86. The van der Waals surface area contributed by atoms with E-state index < -0.39 is 18.6 Å². The number of carboxylic acids is 1. The maximum Gasteiger partial charge on any atom is 0.387 e. The van der Waals surface area contributed by atoms with E-state index in [0.717, 1.165) is 5.56 Å². The third-order valence-corrected chi connectivity index (χ3v) is 3.76. The first-order valence-corrected chi connectivity index (χ1v) is 6.26. The van der Waals surface area contributed by atoms with Gasteiger partial charge < -0.3 is 9.84 Å². The Balaban J connectivity index is 2.00. The van der Waals surface area contributed by atoms with E-state index in [4.69, 9.17) is 5.11 Å². The minimum absolute atomic E-state index is 0.0894. The van der Waals surface area contributed by atoms with E-state index in [1.807, 2.05) is 0 Å². The minimum atomic E-state index is -2.84. The fourth-order valence-electron chi connectivity index (χ4n) is 1.63. The van der Waals surface area contributed by atoms with Crippen LogP contribution >= 0.6 is 11.8 Å². The molecule has 1 aliphatic heterocycles. The summed E-state index contributed by atoms with van der Waals surface area (Å²) in [6, 6.07) is 5.60. The monoisotopic (exact) mass is 275 g/mol. The number of alkyl halides is 2. The molecule has 1 fully saturated rings. The number of hydrogen-bond donors (Lipinski definition) is 2. The molecule has 7 heteroatoms. The highest BCUT2D eigenvalue weighted by molar-refractivity contribution is 7.99. The number of rotatable bonds is 4. The van der Waals surface area contributed by atoms with Gasteiger partial charge in [0.1, 0.15) is 11.8 Å². The molecule has 4 nitrogen and oxygen atoms in total. The van der Waals surface area contributed by atoms with E-state index in [9.17, 15) is 13.6 Å². The van der Waals surface area contributed by atoms with Gasteiger partial charge in [-0.1, -0.05) is 12.1 Å². The van der Waals surface area contributed by atoms with Crippen molar-refractivity contribution in [1.29, 1.82) is 0 Å². The van der Waals surface area contributed by atoms with Crippen molar-refractivity contribution >= 4 is 17.7 Å². The van der Waals surface area contributed by atoms with Crippen LogP contribution < -0.4 is 10.1 Å². The first kappa shape index (κ1) is 13.1. The van der Waals surface area contributed by atoms with E-state index >= 15 is 0 Å². The van der Waals surface area contributed by atoms with Crippen molar-refractivity contribution in [3.8, 4) is 5.75 Å². The van der Waals surface area contributed by atoms with Crippen LogP contribution in [0.25, 0.3) is 0 Å². The number of thioether (sulfide) groups is 1. The fourth-order valence-corrected chi connectivity index (χ4v) is 2.86. The lowest BCUT2D eigenvalue weighted by molar-refractivity contribution is -0.138. The van der Waals surface area contributed by atoms with Gasteiger partial charge >= 0.3 is 12.6 Å². The quantitative estimate of drug-likeness (QED) is 0.881. The van der Waals surface area contributed by atoms with Gasteiger partial charge in [0.15, 0.2) is 0 Å². The maximum atomic E-state index is 12.0. The average molecular weight is 275 g/mol. The Morgan fingerprint density at radius 2 is 2.11 bits per heavy atom. The summed E-state index contributed by atoms with van der Waals surface area (Å²) in [5, 5.41) is 11.7. The van der Waals surface area contributed by atoms with Crippen LogP contribution in [0.4, 0.5) is 8.78 Å². The highest BCUT2D eigenvalue weighted by atomic mass is 32.2. The van der Waals surface area contributed by atoms with Crippen molar-refractivity contribution in [1.82, 2.24) is 5.32 Å². The zero-order chi connectivity index (χ0) is 13.1. The Bertz CT molecular complexity index is 427. The molecule has 2 N–H and O–H groups in total. The zero-order valence-electron chi connectivity index (χ0n) is 9.18. The number of carboxylic acid groups (broad SMARTS) is 1. The largest absolute Gasteiger partial charge is 0.480 e. The fraction of sp³-hybridized carbons (Fsp3) is 0.364. The summed E-state index contributed by atoms with van der Waals surface area (Å²) in [4.78, 5) is 10.8. The van der Waals surface area contributed by atoms with Crippen molar-refractivity contribution in [3.05, 3.63) is 29.8 Å². The van der Waals surface area contributed by atoms with Gasteiger partial charge in [-0.2, -0.15) is 8.78 Å². The molecule has 0 bridgehead atoms. The summed E-state index contributed by atoms with van der Waals surface area (Å²) in [6.07, 6.45) is 0. The van der Waals surface area contributed by atoms with Crippen LogP contribution in [0, 0.1) is 0 Å². The van der Waals surface area contributed by atoms with E-state index in [-0.39, 0.29) is 11.1 Å². The van der Waals surface area contributed by atoms with Gasteiger partial charge in [-0.05, 0) is 17.7 Å². The number of aliphatic carboxylic acids is 1. The van der Waals surface area contributed by atoms with Gasteiger partial charge in [0.2, 0.25) is 0 Å². The van der Waals surface area contributed by atoms with E-state index in [1.165, 1.54) is 23.9 Å². The Labute approximate surface area is 106 Å². The van der Waals surface area contributed by atoms with Gasteiger partial charge in [-0.15, -0.1) is 11.8 Å². The number of halogens is 2. The summed E-state index contributed by atoms with van der Waals surface area (Å²) >= 11 is 1.47. The van der Waals surface area contributed by atoms with Crippen molar-refractivity contribution in [2.75, 3.05) is 5.75 Å². The predicted molar refractivity (Wildman–Crippen MR) is 62.8 cm³/mol. The topological polar surface area (TPSA) is 58.6 Å². The van der Waals surface area contributed by atoms with Crippen LogP contribution in [0.2, 0.25) is 0 Å². The van der Waals surface area contributed by atoms with Crippen molar-refractivity contribution in [3.63, 3.8) is 0 Å². The number of benzene rings is 1. The minimum Gasteiger partial charge on any atom is -0.480 e. The SMILES string of the molecule is O=C(O)[C@@H]1CS[C@H](c2ccc(OC(F)F)cc2)N1. The summed E-state index contributed by atoms with van der Waals surface area (Å²) in [6.45, 7) is -2.84. The van der Waals surface area contributed by atoms with Crippen LogP contribution in [-0.4, -0.2) is 29.5 Å². The molecule has 0 radical (unpaired) electrons. The molecular weight excluding hydrogens is 264 g/mol. The third-order valence-electron chi connectivity index (χ3n) is 2.49. The summed E-state index contributed by atoms with van der Waals surface area (Å²) in [5.41, 5.74) is 0.838. The molecule has 1 heterocycles. The summed E-state index contributed by atoms with van der Waals surface area (Å²) in [7, 11) is 0. The molecule has 2 rings (SSSR count). The Morgan fingerprint density at radius 3 is 2.61 bits per heavy atom.